The Hall–Kier alpha value is -1.38. The van der Waals surface area contributed by atoms with Crippen molar-refractivity contribution in [2.24, 2.45) is 17.3 Å². The number of hydrogen-bond donors (Lipinski definition) is 0. The van der Waals surface area contributed by atoms with Crippen molar-refractivity contribution in [2.75, 3.05) is 7.11 Å². The van der Waals surface area contributed by atoms with Crippen molar-refractivity contribution in [3.63, 3.8) is 0 Å². The van der Waals surface area contributed by atoms with Gasteiger partial charge in [0, 0.05) is 17.4 Å². The van der Waals surface area contributed by atoms with E-state index in [9.17, 15) is 9.59 Å². The molecule has 2 aliphatic rings. The highest BCUT2D eigenvalue weighted by atomic mass is 16.5. The fourth-order valence-corrected chi connectivity index (χ4v) is 2.90. The first-order chi connectivity index (χ1) is 8.40. The molecule has 2 unspecified atom stereocenters. The summed E-state index contributed by atoms with van der Waals surface area (Å²) in [7, 11) is 1.44. The standard InChI is InChI=1S/C15H20O3/c1-9(2)10-5-6-15(3)11(7-10)12(16)8-13(18-4)14(15)17/h5,8-9,11H,6-7H2,1-4H3. The maximum atomic E-state index is 12.4. The number of carbonyl (C=O) groups is 2. The van der Waals surface area contributed by atoms with E-state index < -0.39 is 5.41 Å². The van der Waals surface area contributed by atoms with Gasteiger partial charge in [-0.1, -0.05) is 32.4 Å². The fourth-order valence-electron chi connectivity index (χ4n) is 2.90. The minimum Gasteiger partial charge on any atom is -0.493 e. The van der Waals surface area contributed by atoms with Gasteiger partial charge in [0.1, 0.15) is 0 Å². The van der Waals surface area contributed by atoms with Crippen LogP contribution < -0.4 is 0 Å². The topological polar surface area (TPSA) is 43.4 Å². The first kappa shape index (κ1) is 13.1. The van der Waals surface area contributed by atoms with Crippen molar-refractivity contribution in [1.82, 2.24) is 0 Å². The summed E-state index contributed by atoms with van der Waals surface area (Å²) in [5.74, 6) is 0.422. The number of allylic oxidation sites excluding steroid dienone is 4. The molecule has 2 aliphatic carbocycles. The van der Waals surface area contributed by atoms with Gasteiger partial charge in [-0.25, -0.2) is 0 Å². The van der Waals surface area contributed by atoms with E-state index >= 15 is 0 Å². The molecule has 0 spiro atoms. The molecule has 0 N–H and O–H groups in total. The van der Waals surface area contributed by atoms with Crippen LogP contribution in [0.3, 0.4) is 0 Å². The van der Waals surface area contributed by atoms with Crippen molar-refractivity contribution >= 4 is 11.6 Å². The minimum atomic E-state index is -0.616. The van der Waals surface area contributed by atoms with Gasteiger partial charge in [0.15, 0.2) is 11.5 Å². The Morgan fingerprint density at radius 2 is 2.06 bits per heavy atom. The Morgan fingerprint density at radius 3 is 2.61 bits per heavy atom. The van der Waals surface area contributed by atoms with E-state index in [4.69, 9.17) is 4.74 Å². The Kier molecular flexibility index (Phi) is 3.18. The third-order valence-corrected chi connectivity index (χ3v) is 4.32. The van der Waals surface area contributed by atoms with E-state index in [1.165, 1.54) is 18.8 Å². The third kappa shape index (κ3) is 1.82. The average Bonchev–Trinajstić information content (AvgIpc) is 2.33. The zero-order valence-electron chi connectivity index (χ0n) is 11.4. The lowest BCUT2D eigenvalue weighted by molar-refractivity contribution is -0.139. The molecule has 2 atom stereocenters. The van der Waals surface area contributed by atoms with E-state index in [0.29, 0.717) is 18.8 Å². The van der Waals surface area contributed by atoms with Crippen LogP contribution in [0.1, 0.15) is 33.6 Å². The largest absolute Gasteiger partial charge is 0.493 e. The summed E-state index contributed by atoms with van der Waals surface area (Å²) in [5, 5.41) is 0. The molecule has 0 radical (unpaired) electrons. The van der Waals surface area contributed by atoms with Crippen LogP contribution in [0.2, 0.25) is 0 Å². The Labute approximate surface area is 108 Å². The van der Waals surface area contributed by atoms with Gasteiger partial charge in [0.25, 0.3) is 0 Å². The third-order valence-electron chi connectivity index (χ3n) is 4.32. The normalized spacial score (nSPS) is 31.9. The van der Waals surface area contributed by atoms with Gasteiger partial charge in [0.2, 0.25) is 5.78 Å². The number of ketones is 2. The molecule has 0 amide bonds. The van der Waals surface area contributed by atoms with Crippen LogP contribution in [-0.2, 0) is 14.3 Å². The number of Topliss-reactive ketones (excluding diaryl/α,β-unsaturated/α-hetero) is 1. The van der Waals surface area contributed by atoms with Crippen LogP contribution in [0, 0.1) is 17.3 Å². The summed E-state index contributed by atoms with van der Waals surface area (Å²) >= 11 is 0. The molecular weight excluding hydrogens is 228 g/mol. The monoisotopic (exact) mass is 248 g/mol. The molecule has 2 rings (SSSR count). The van der Waals surface area contributed by atoms with Crippen LogP contribution in [-0.4, -0.2) is 18.7 Å². The van der Waals surface area contributed by atoms with Crippen molar-refractivity contribution in [3.8, 4) is 0 Å². The molecule has 0 saturated carbocycles. The second-order valence-corrected chi connectivity index (χ2v) is 5.76. The van der Waals surface area contributed by atoms with Crippen LogP contribution in [0.5, 0.6) is 0 Å². The van der Waals surface area contributed by atoms with E-state index in [-0.39, 0.29) is 23.2 Å². The van der Waals surface area contributed by atoms with Crippen LogP contribution >= 0.6 is 0 Å². The Bertz CT molecular complexity index is 456. The van der Waals surface area contributed by atoms with Gasteiger partial charge in [-0.15, -0.1) is 0 Å². The van der Waals surface area contributed by atoms with Gasteiger partial charge in [0.05, 0.1) is 7.11 Å². The van der Waals surface area contributed by atoms with Gasteiger partial charge in [-0.2, -0.15) is 0 Å². The van der Waals surface area contributed by atoms with Crippen molar-refractivity contribution in [2.45, 2.75) is 33.6 Å². The van der Waals surface area contributed by atoms with E-state index in [1.807, 2.05) is 6.92 Å². The molecule has 0 aromatic carbocycles. The first-order valence-corrected chi connectivity index (χ1v) is 6.43. The number of ether oxygens (including phenoxy) is 1. The van der Waals surface area contributed by atoms with Gasteiger partial charge < -0.3 is 4.74 Å². The van der Waals surface area contributed by atoms with Gasteiger partial charge >= 0.3 is 0 Å². The molecular formula is C15H20O3. The lowest BCUT2D eigenvalue weighted by Gasteiger charge is -2.41. The number of rotatable bonds is 2. The molecule has 98 valence electrons. The highest BCUT2D eigenvalue weighted by molar-refractivity contribution is 6.11. The maximum absolute atomic E-state index is 12.4. The molecule has 0 aliphatic heterocycles. The second-order valence-electron chi connectivity index (χ2n) is 5.76. The summed E-state index contributed by atoms with van der Waals surface area (Å²) in [6.45, 7) is 6.14. The molecule has 0 saturated heterocycles. The highest BCUT2D eigenvalue weighted by Gasteiger charge is 2.50. The van der Waals surface area contributed by atoms with E-state index in [0.717, 1.165) is 0 Å². The zero-order chi connectivity index (χ0) is 13.5. The highest BCUT2D eigenvalue weighted by Crippen LogP contribution is 2.47. The van der Waals surface area contributed by atoms with Crippen LogP contribution in [0.4, 0.5) is 0 Å². The number of fused-ring (bicyclic) bond motifs is 1. The average molecular weight is 248 g/mol. The lowest BCUT2D eigenvalue weighted by atomic mass is 9.60. The van der Waals surface area contributed by atoms with E-state index in [1.54, 1.807) is 0 Å². The summed E-state index contributed by atoms with van der Waals surface area (Å²) < 4.78 is 5.03. The zero-order valence-corrected chi connectivity index (χ0v) is 11.4. The molecule has 0 heterocycles. The number of methoxy groups -OCH3 is 1. The summed E-state index contributed by atoms with van der Waals surface area (Å²) in [6, 6.07) is 0. The number of hydrogen-bond acceptors (Lipinski definition) is 3. The molecule has 0 fully saturated rings. The predicted octanol–water partition coefficient (Wildman–Crippen LogP) is 2.67. The SMILES string of the molecule is COC1=CC(=O)C2CC(C(C)C)=CCC2(C)C1=O. The van der Waals surface area contributed by atoms with Crippen molar-refractivity contribution in [1.29, 1.82) is 0 Å². The van der Waals surface area contributed by atoms with Crippen molar-refractivity contribution < 1.29 is 14.3 Å². The minimum absolute atomic E-state index is 0.0280. The van der Waals surface area contributed by atoms with Gasteiger partial charge in [-0.05, 0) is 18.8 Å². The smallest absolute Gasteiger partial charge is 0.204 e. The molecule has 18 heavy (non-hydrogen) atoms. The van der Waals surface area contributed by atoms with E-state index in [2.05, 4.69) is 19.9 Å². The van der Waals surface area contributed by atoms with Crippen LogP contribution in [0.15, 0.2) is 23.5 Å². The predicted molar refractivity (Wildman–Crippen MR) is 68.9 cm³/mol. The lowest BCUT2D eigenvalue weighted by Crippen LogP contribution is -2.46. The molecule has 3 nitrogen and oxygen atoms in total. The molecule has 0 bridgehead atoms. The Morgan fingerprint density at radius 1 is 1.39 bits per heavy atom. The first-order valence-electron chi connectivity index (χ1n) is 6.43. The second kappa shape index (κ2) is 4.38. The summed E-state index contributed by atoms with van der Waals surface area (Å²) in [5.41, 5.74) is 0.670. The number of carbonyl (C=O) groups excluding carboxylic acids is 2. The fraction of sp³-hybridized carbons (Fsp3) is 0.600. The maximum Gasteiger partial charge on any atom is 0.204 e. The Balaban J connectivity index is 2.40. The van der Waals surface area contributed by atoms with Crippen LogP contribution in [0.25, 0.3) is 0 Å². The summed E-state index contributed by atoms with van der Waals surface area (Å²) in [4.78, 5) is 24.5. The quantitative estimate of drug-likeness (QED) is 0.706. The molecule has 0 aromatic heterocycles. The summed E-state index contributed by atoms with van der Waals surface area (Å²) in [6.07, 6.45) is 4.84. The van der Waals surface area contributed by atoms with Gasteiger partial charge in [-0.3, -0.25) is 9.59 Å². The molecule has 3 heteroatoms. The molecule has 0 aromatic rings. The van der Waals surface area contributed by atoms with Crippen molar-refractivity contribution in [3.05, 3.63) is 23.5 Å².